The third kappa shape index (κ3) is 4.33. The summed E-state index contributed by atoms with van der Waals surface area (Å²) in [6.07, 6.45) is 1.33. The van der Waals surface area contributed by atoms with Crippen molar-refractivity contribution in [1.82, 2.24) is 10.3 Å². The van der Waals surface area contributed by atoms with Gasteiger partial charge in [0.05, 0.1) is 37.4 Å². The average molecular weight is 475 g/mol. The van der Waals surface area contributed by atoms with Crippen LogP contribution in [-0.4, -0.2) is 65.5 Å². The molecule has 4 rings (SSSR count). The number of carbonyl (C=O) groups excluding carboxylic acids is 1. The average Bonchev–Trinajstić information content (AvgIpc) is 3.10. The zero-order valence-electron chi connectivity index (χ0n) is 19.2. The van der Waals surface area contributed by atoms with Crippen LogP contribution in [0.15, 0.2) is 41.5 Å². The smallest absolute Gasteiger partial charge is 0.337 e. The quantitative estimate of drug-likeness (QED) is 0.620. The topological polar surface area (TPSA) is 107 Å². The van der Waals surface area contributed by atoms with Crippen molar-refractivity contribution in [3.63, 3.8) is 0 Å². The number of anilines is 1. The van der Waals surface area contributed by atoms with Crippen LogP contribution in [0.2, 0.25) is 0 Å². The van der Waals surface area contributed by atoms with Crippen molar-refractivity contribution >= 4 is 28.2 Å². The van der Waals surface area contributed by atoms with Crippen molar-refractivity contribution in [2.24, 2.45) is 5.10 Å². The molecule has 2 heterocycles. The van der Waals surface area contributed by atoms with E-state index in [9.17, 15) is 13.9 Å². The number of carbonyl (C=O) groups is 1. The lowest BCUT2D eigenvalue weighted by Crippen LogP contribution is -2.41. The van der Waals surface area contributed by atoms with Crippen molar-refractivity contribution in [2.45, 2.75) is 25.8 Å². The summed E-state index contributed by atoms with van der Waals surface area (Å²) < 4.78 is 33.3. The summed E-state index contributed by atoms with van der Waals surface area (Å²) in [5.74, 6) is 1.58. The number of amides is 2. The van der Waals surface area contributed by atoms with E-state index in [0.717, 1.165) is 28.8 Å². The number of urea groups is 1. The van der Waals surface area contributed by atoms with Crippen LogP contribution in [0.4, 0.5) is 10.5 Å². The second kappa shape index (κ2) is 9.12. The van der Waals surface area contributed by atoms with E-state index in [2.05, 4.69) is 5.32 Å². The van der Waals surface area contributed by atoms with Gasteiger partial charge in [-0.05, 0) is 49.6 Å². The van der Waals surface area contributed by atoms with Gasteiger partial charge in [-0.2, -0.15) is 5.10 Å². The van der Waals surface area contributed by atoms with Gasteiger partial charge in [0.15, 0.2) is 11.5 Å². The Morgan fingerprint density at radius 1 is 1.15 bits per heavy atom. The molecule has 2 amide bonds. The number of hydrazone groups is 1. The SMILES string of the molecule is CNC(=O)N1N=C(c2ccc(N3CCCS3(O)O)cc2)c2cc(OC)c(OC)cc2CC1C. The van der Waals surface area contributed by atoms with Gasteiger partial charge in [0.1, 0.15) is 0 Å². The summed E-state index contributed by atoms with van der Waals surface area (Å²) in [7, 11) is 1.99. The molecular weight excluding hydrogens is 444 g/mol. The lowest BCUT2D eigenvalue weighted by Gasteiger charge is -2.38. The van der Waals surface area contributed by atoms with Crippen LogP contribution in [0.3, 0.4) is 0 Å². The second-order valence-corrected chi connectivity index (χ2v) is 10.2. The van der Waals surface area contributed by atoms with E-state index in [1.807, 2.05) is 43.3 Å². The molecule has 0 spiro atoms. The number of rotatable bonds is 4. The van der Waals surface area contributed by atoms with Crippen LogP contribution in [-0.2, 0) is 6.42 Å². The summed E-state index contributed by atoms with van der Waals surface area (Å²) in [5, 5.41) is 8.88. The highest BCUT2D eigenvalue weighted by Gasteiger charge is 2.30. The molecule has 0 aliphatic carbocycles. The fraction of sp³-hybridized carbons (Fsp3) is 0.391. The standard InChI is InChI=1S/C23H30N4O5S/c1-15-12-17-13-20(31-3)21(32-4)14-19(17)22(25-27(15)23(28)24-2)16-6-8-18(9-7-16)26-10-5-11-33(26,29)30/h6-9,13-15,29-30H,5,10-12H2,1-4H3,(H,24,28). The molecule has 0 bridgehead atoms. The van der Waals surface area contributed by atoms with Crippen molar-refractivity contribution in [1.29, 1.82) is 0 Å². The first kappa shape index (κ1) is 23.2. The molecule has 2 aromatic rings. The normalized spacial score (nSPS) is 20.4. The molecule has 33 heavy (non-hydrogen) atoms. The predicted octanol–water partition coefficient (Wildman–Crippen LogP) is 3.92. The fourth-order valence-corrected chi connectivity index (χ4v) is 5.91. The Balaban J connectivity index is 1.82. The molecular formula is C23H30N4O5S. The predicted molar refractivity (Wildman–Crippen MR) is 131 cm³/mol. The number of nitrogens with zero attached hydrogens (tertiary/aromatic N) is 3. The molecule has 2 aromatic carbocycles. The van der Waals surface area contributed by atoms with E-state index in [4.69, 9.17) is 14.6 Å². The minimum Gasteiger partial charge on any atom is -0.493 e. The Morgan fingerprint density at radius 2 is 1.82 bits per heavy atom. The first-order valence-corrected chi connectivity index (χ1v) is 12.4. The van der Waals surface area contributed by atoms with Gasteiger partial charge >= 0.3 is 6.03 Å². The van der Waals surface area contributed by atoms with Gasteiger partial charge < -0.3 is 14.8 Å². The fourth-order valence-electron chi connectivity index (χ4n) is 4.29. The Labute approximate surface area is 195 Å². The third-order valence-electron chi connectivity index (χ3n) is 5.99. The Kier molecular flexibility index (Phi) is 6.42. The zero-order valence-corrected chi connectivity index (χ0v) is 20.1. The second-order valence-electron chi connectivity index (χ2n) is 8.10. The first-order chi connectivity index (χ1) is 15.8. The van der Waals surface area contributed by atoms with Crippen molar-refractivity contribution in [3.05, 3.63) is 53.1 Å². The monoisotopic (exact) mass is 474 g/mol. The van der Waals surface area contributed by atoms with E-state index in [-0.39, 0.29) is 12.1 Å². The lowest BCUT2D eigenvalue weighted by molar-refractivity contribution is 0.184. The molecule has 0 aromatic heterocycles. The van der Waals surface area contributed by atoms with Crippen LogP contribution in [0.25, 0.3) is 0 Å². The highest BCUT2D eigenvalue weighted by molar-refractivity contribution is 8.25. The molecule has 1 fully saturated rings. The molecule has 178 valence electrons. The molecule has 1 saturated heterocycles. The number of ether oxygens (including phenoxy) is 2. The van der Waals surface area contributed by atoms with Gasteiger partial charge in [-0.15, -0.1) is 10.8 Å². The largest absolute Gasteiger partial charge is 0.493 e. The van der Waals surface area contributed by atoms with Gasteiger partial charge in [-0.3, -0.25) is 13.4 Å². The Hall–Kier alpha value is -2.95. The number of methoxy groups -OCH3 is 2. The number of benzene rings is 2. The maximum atomic E-state index is 12.6. The molecule has 1 atom stereocenters. The van der Waals surface area contributed by atoms with Crippen molar-refractivity contribution in [2.75, 3.05) is 37.9 Å². The molecule has 1 unspecified atom stereocenters. The minimum absolute atomic E-state index is 0.184. The van der Waals surface area contributed by atoms with E-state index in [0.29, 0.717) is 35.9 Å². The molecule has 0 saturated carbocycles. The molecule has 0 radical (unpaired) electrons. The van der Waals surface area contributed by atoms with Gasteiger partial charge in [-0.1, -0.05) is 12.1 Å². The maximum Gasteiger partial charge on any atom is 0.337 e. The molecule has 2 aliphatic rings. The zero-order chi connectivity index (χ0) is 23.8. The third-order valence-corrected chi connectivity index (χ3v) is 7.92. The Bertz CT molecular complexity index is 1070. The van der Waals surface area contributed by atoms with Crippen LogP contribution < -0.4 is 19.1 Å². The summed E-state index contributed by atoms with van der Waals surface area (Å²) in [6, 6.07) is 10.8. The van der Waals surface area contributed by atoms with Crippen LogP contribution in [0.1, 0.15) is 30.0 Å². The van der Waals surface area contributed by atoms with E-state index in [1.165, 1.54) is 5.01 Å². The number of nitrogens with one attached hydrogen (secondary N) is 1. The van der Waals surface area contributed by atoms with Crippen molar-refractivity contribution < 1.29 is 23.4 Å². The van der Waals surface area contributed by atoms with Gasteiger partial charge in [0.25, 0.3) is 0 Å². The summed E-state index contributed by atoms with van der Waals surface area (Å²) in [5.41, 5.74) is 4.01. The van der Waals surface area contributed by atoms with E-state index >= 15 is 0 Å². The van der Waals surface area contributed by atoms with Crippen LogP contribution in [0.5, 0.6) is 11.5 Å². The van der Waals surface area contributed by atoms with E-state index < -0.39 is 10.8 Å². The number of hydrogen-bond acceptors (Lipinski definition) is 7. The molecule has 2 aliphatic heterocycles. The highest BCUT2D eigenvalue weighted by atomic mass is 32.3. The Morgan fingerprint density at radius 3 is 2.39 bits per heavy atom. The number of hydrogen-bond donors (Lipinski definition) is 3. The molecule has 9 nitrogen and oxygen atoms in total. The molecule has 10 heteroatoms. The number of fused-ring (bicyclic) bond motifs is 1. The van der Waals surface area contributed by atoms with E-state index in [1.54, 1.807) is 25.6 Å². The maximum absolute atomic E-state index is 12.6. The van der Waals surface area contributed by atoms with Crippen molar-refractivity contribution in [3.8, 4) is 11.5 Å². The first-order valence-electron chi connectivity index (χ1n) is 10.8. The summed E-state index contributed by atoms with van der Waals surface area (Å²) in [6.45, 7) is 2.55. The summed E-state index contributed by atoms with van der Waals surface area (Å²) in [4.78, 5) is 12.6. The summed E-state index contributed by atoms with van der Waals surface area (Å²) >= 11 is 0. The van der Waals surface area contributed by atoms with Crippen LogP contribution >= 0.6 is 10.8 Å². The van der Waals surface area contributed by atoms with Gasteiger partial charge in [0, 0.05) is 24.7 Å². The lowest BCUT2D eigenvalue weighted by atomic mass is 9.94. The minimum atomic E-state index is -2.77. The van der Waals surface area contributed by atoms with Gasteiger partial charge in [-0.25, -0.2) is 9.80 Å². The highest BCUT2D eigenvalue weighted by Crippen LogP contribution is 2.50. The van der Waals surface area contributed by atoms with Crippen LogP contribution in [0, 0.1) is 0 Å². The van der Waals surface area contributed by atoms with Gasteiger partial charge in [0.2, 0.25) is 0 Å². The molecule has 3 N–H and O–H groups in total.